The zero-order valence-electron chi connectivity index (χ0n) is 25.1. The van der Waals surface area contributed by atoms with Crippen LogP contribution in [0.2, 0.25) is 0 Å². The van der Waals surface area contributed by atoms with Crippen molar-refractivity contribution in [2.75, 3.05) is 10.6 Å². The SMILES string of the molecule is O=C(Nc1ccccc1)c1cccc(-c2nnc(-c3ccccc3NC(=O)c3ccc(O)cc3)cc2Cc2c[nH]c3ccccc23)c1. The number of amides is 2. The van der Waals surface area contributed by atoms with Gasteiger partial charge in [0.2, 0.25) is 0 Å². The van der Waals surface area contributed by atoms with Crippen molar-refractivity contribution >= 4 is 34.1 Å². The Bertz CT molecular complexity index is 2230. The molecule has 5 aromatic carbocycles. The lowest BCUT2D eigenvalue weighted by Crippen LogP contribution is -2.13. The molecule has 2 aromatic heterocycles. The number of fused-ring (bicyclic) bond motifs is 1. The van der Waals surface area contributed by atoms with Crippen LogP contribution in [0.5, 0.6) is 5.75 Å². The van der Waals surface area contributed by atoms with Crippen LogP contribution in [0.15, 0.2) is 140 Å². The Labute approximate surface area is 270 Å². The van der Waals surface area contributed by atoms with Gasteiger partial charge in [0.25, 0.3) is 11.8 Å². The van der Waals surface area contributed by atoms with Gasteiger partial charge in [-0.25, -0.2) is 0 Å². The van der Waals surface area contributed by atoms with E-state index in [9.17, 15) is 14.7 Å². The van der Waals surface area contributed by atoms with E-state index in [1.54, 1.807) is 18.2 Å². The van der Waals surface area contributed by atoms with Gasteiger partial charge in [-0.3, -0.25) is 9.59 Å². The van der Waals surface area contributed by atoms with Crippen molar-refractivity contribution in [2.45, 2.75) is 6.42 Å². The van der Waals surface area contributed by atoms with Gasteiger partial charge < -0.3 is 20.7 Å². The zero-order chi connectivity index (χ0) is 32.2. The number of hydrogen-bond acceptors (Lipinski definition) is 5. The van der Waals surface area contributed by atoms with Crippen molar-refractivity contribution < 1.29 is 14.7 Å². The molecule has 0 bridgehead atoms. The fourth-order valence-corrected chi connectivity index (χ4v) is 5.58. The molecule has 2 amide bonds. The van der Waals surface area contributed by atoms with Gasteiger partial charge in [0.1, 0.15) is 5.75 Å². The van der Waals surface area contributed by atoms with E-state index < -0.39 is 0 Å². The van der Waals surface area contributed by atoms with Crippen LogP contribution < -0.4 is 10.6 Å². The molecule has 0 radical (unpaired) electrons. The predicted octanol–water partition coefficient (Wildman–Crippen LogP) is 8.09. The molecule has 8 heteroatoms. The topological polar surface area (TPSA) is 120 Å². The largest absolute Gasteiger partial charge is 0.508 e. The van der Waals surface area contributed by atoms with Gasteiger partial charge in [0.05, 0.1) is 17.1 Å². The van der Waals surface area contributed by atoms with E-state index in [1.807, 2.05) is 103 Å². The second-order valence-corrected chi connectivity index (χ2v) is 11.1. The lowest BCUT2D eigenvalue weighted by Gasteiger charge is -2.14. The highest BCUT2D eigenvalue weighted by Gasteiger charge is 2.18. The highest BCUT2D eigenvalue weighted by atomic mass is 16.3. The van der Waals surface area contributed by atoms with Gasteiger partial charge in [-0.05, 0) is 77.9 Å². The maximum Gasteiger partial charge on any atom is 0.255 e. The summed E-state index contributed by atoms with van der Waals surface area (Å²) in [5, 5.41) is 26.0. The van der Waals surface area contributed by atoms with Gasteiger partial charge >= 0.3 is 0 Å². The summed E-state index contributed by atoms with van der Waals surface area (Å²) in [7, 11) is 0. The molecule has 2 heterocycles. The Kier molecular flexibility index (Phi) is 7.96. The van der Waals surface area contributed by atoms with Crippen molar-refractivity contribution in [3.63, 3.8) is 0 Å². The van der Waals surface area contributed by atoms with Crippen LogP contribution in [-0.2, 0) is 6.42 Å². The quantitative estimate of drug-likeness (QED) is 0.138. The molecular weight excluding hydrogens is 586 g/mol. The molecule has 0 atom stereocenters. The zero-order valence-corrected chi connectivity index (χ0v) is 25.1. The summed E-state index contributed by atoms with van der Waals surface area (Å²) < 4.78 is 0. The Morgan fingerprint density at radius 1 is 0.660 bits per heavy atom. The number of aromatic amines is 1. The normalized spacial score (nSPS) is 10.9. The summed E-state index contributed by atoms with van der Waals surface area (Å²) in [4.78, 5) is 29.6. The first-order valence-electron chi connectivity index (χ1n) is 15.1. The molecule has 0 spiro atoms. The third-order valence-corrected chi connectivity index (χ3v) is 7.94. The lowest BCUT2D eigenvalue weighted by molar-refractivity contribution is 0.101. The van der Waals surface area contributed by atoms with E-state index in [4.69, 9.17) is 5.10 Å². The number of nitrogens with one attached hydrogen (secondary N) is 3. The smallest absolute Gasteiger partial charge is 0.255 e. The second-order valence-electron chi connectivity index (χ2n) is 11.1. The monoisotopic (exact) mass is 615 g/mol. The molecule has 7 rings (SSSR count). The minimum Gasteiger partial charge on any atom is -0.508 e. The molecule has 4 N–H and O–H groups in total. The number of phenolic OH excluding ortho intramolecular Hbond substituents is 1. The maximum absolute atomic E-state index is 13.2. The van der Waals surface area contributed by atoms with E-state index in [2.05, 4.69) is 26.8 Å². The molecule has 0 aliphatic heterocycles. The van der Waals surface area contributed by atoms with Crippen molar-refractivity contribution in [3.8, 4) is 28.3 Å². The molecule has 0 unspecified atom stereocenters. The maximum atomic E-state index is 13.2. The van der Waals surface area contributed by atoms with E-state index >= 15 is 0 Å². The second kappa shape index (κ2) is 12.8. The Balaban J connectivity index is 1.27. The fourth-order valence-electron chi connectivity index (χ4n) is 5.58. The van der Waals surface area contributed by atoms with Crippen LogP contribution in [-0.4, -0.2) is 32.1 Å². The third-order valence-electron chi connectivity index (χ3n) is 7.94. The summed E-state index contributed by atoms with van der Waals surface area (Å²) in [5.41, 5.74) is 7.92. The van der Waals surface area contributed by atoms with Crippen LogP contribution in [0.4, 0.5) is 11.4 Å². The van der Waals surface area contributed by atoms with Crippen molar-refractivity contribution in [2.24, 2.45) is 0 Å². The number of H-pyrrole nitrogens is 1. The number of benzene rings is 5. The van der Waals surface area contributed by atoms with Gasteiger partial charge in [-0.15, -0.1) is 10.2 Å². The Hall–Kier alpha value is -6.54. The summed E-state index contributed by atoms with van der Waals surface area (Å²) >= 11 is 0. The summed E-state index contributed by atoms with van der Waals surface area (Å²) in [6.07, 6.45) is 2.55. The van der Waals surface area contributed by atoms with Crippen LogP contribution in [0.3, 0.4) is 0 Å². The summed E-state index contributed by atoms with van der Waals surface area (Å²) in [6.45, 7) is 0. The van der Waals surface area contributed by atoms with Gasteiger partial charge in [0, 0.05) is 51.5 Å². The van der Waals surface area contributed by atoms with Crippen molar-refractivity contribution in [1.82, 2.24) is 15.2 Å². The number of anilines is 2. The summed E-state index contributed by atoms with van der Waals surface area (Å²) in [6, 6.07) is 40.3. The highest BCUT2D eigenvalue weighted by Crippen LogP contribution is 2.32. The number of aromatic nitrogens is 3. The number of para-hydroxylation sites is 3. The Morgan fingerprint density at radius 3 is 2.26 bits per heavy atom. The molecule has 0 fully saturated rings. The molecule has 0 aliphatic rings. The average Bonchev–Trinajstić information content (AvgIpc) is 3.52. The number of nitrogens with zero attached hydrogens (tertiary/aromatic N) is 2. The van der Waals surface area contributed by atoms with Crippen molar-refractivity contribution in [1.29, 1.82) is 0 Å². The average molecular weight is 616 g/mol. The molecule has 0 saturated heterocycles. The number of carbonyl (C=O) groups is 2. The molecule has 0 saturated carbocycles. The number of rotatable bonds is 8. The first kappa shape index (κ1) is 29.2. The molecule has 7 aromatic rings. The first-order chi connectivity index (χ1) is 23.0. The molecule has 228 valence electrons. The number of carbonyl (C=O) groups excluding carboxylic acids is 2. The van der Waals surface area contributed by atoms with Crippen LogP contribution >= 0.6 is 0 Å². The van der Waals surface area contributed by atoms with Gasteiger partial charge in [-0.1, -0.05) is 66.7 Å². The number of phenols is 1. The minimum absolute atomic E-state index is 0.0856. The van der Waals surface area contributed by atoms with Gasteiger partial charge in [-0.2, -0.15) is 0 Å². The van der Waals surface area contributed by atoms with Crippen LogP contribution in [0.1, 0.15) is 31.8 Å². The molecule has 47 heavy (non-hydrogen) atoms. The van der Waals surface area contributed by atoms with Crippen LogP contribution in [0.25, 0.3) is 33.4 Å². The standard InChI is InChI=1S/C39H29N5O3/c45-31-19-17-25(18-20-31)38(46)42-35-16-7-5-14-33(35)36-23-28(22-29-24-40-34-15-6-4-13-32(29)34)37(44-43-36)26-9-8-10-27(21-26)39(47)41-30-11-2-1-3-12-30/h1-21,23-24,40,45H,22H2,(H,41,47)(H,42,46). The van der Waals surface area contributed by atoms with E-state index in [0.29, 0.717) is 45.9 Å². The predicted molar refractivity (Wildman–Crippen MR) is 184 cm³/mol. The minimum atomic E-state index is -0.313. The van der Waals surface area contributed by atoms with E-state index in [0.717, 1.165) is 27.6 Å². The molecular formula is C39H29N5O3. The number of hydrogen-bond donors (Lipinski definition) is 4. The van der Waals surface area contributed by atoms with Crippen molar-refractivity contribution in [3.05, 3.63) is 162 Å². The lowest BCUT2D eigenvalue weighted by atomic mass is 9.96. The van der Waals surface area contributed by atoms with Crippen LogP contribution in [0, 0.1) is 0 Å². The first-order valence-corrected chi connectivity index (χ1v) is 15.1. The molecule has 0 aliphatic carbocycles. The van der Waals surface area contributed by atoms with E-state index in [-0.39, 0.29) is 17.6 Å². The molecule has 8 nitrogen and oxygen atoms in total. The fraction of sp³-hybridized carbons (Fsp3) is 0.0256. The highest BCUT2D eigenvalue weighted by molar-refractivity contribution is 6.06. The van der Waals surface area contributed by atoms with Gasteiger partial charge in [0.15, 0.2) is 0 Å². The third kappa shape index (κ3) is 6.34. The van der Waals surface area contributed by atoms with E-state index in [1.165, 1.54) is 12.1 Å². The number of aromatic hydroxyl groups is 1. The summed E-state index contributed by atoms with van der Waals surface area (Å²) in [5.74, 6) is -0.451. The Morgan fingerprint density at radius 2 is 1.40 bits per heavy atom.